The highest BCUT2D eigenvalue weighted by atomic mass is 32.2. The number of carbonyl (C=O) groups is 3. The van der Waals surface area contributed by atoms with E-state index in [2.05, 4.69) is 11.8 Å². The van der Waals surface area contributed by atoms with Gasteiger partial charge >= 0.3 is 11.9 Å². The molecule has 1 aliphatic rings. The van der Waals surface area contributed by atoms with Crippen LogP contribution in [0.4, 0.5) is 0 Å². The summed E-state index contributed by atoms with van der Waals surface area (Å²) in [5.74, 6) is 1.03. The molecule has 12 heteroatoms. The summed E-state index contributed by atoms with van der Waals surface area (Å²) >= 11 is 0. The molecule has 0 aromatic heterocycles. The minimum Gasteiger partial charge on any atom is -0.479 e. The zero-order chi connectivity index (χ0) is 23.9. The zero-order valence-corrected chi connectivity index (χ0v) is 18.5. The Kier molecular flexibility index (Phi) is 8.34. The van der Waals surface area contributed by atoms with E-state index in [1.165, 1.54) is 12.1 Å². The third kappa shape index (κ3) is 5.63. The lowest BCUT2D eigenvalue weighted by atomic mass is 9.95. The van der Waals surface area contributed by atoms with E-state index in [9.17, 15) is 33.0 Å². The highest BCUT2D eigenvalue weighted by molar-refractivity contribution is 7.88. The van der Waals surface area contributed by atoms with Gasteiger partial charge in [-0.1, -0.05) is 24.1 Å². The Morgan fingerprint density at radius 3 is 2.12 bits per heavy atom. The van der Waals surface area contributed by atoms with Gasteiger partial charge < -0.3 is 10.2 Å². The molecule has 174 valence electrons. The normalized spacial score (nSPS) is 15.4. The molecule has 0 atom stereocenters. The van der Waals surface area contributed by atoms with Crippen molar-refractivity contribution in [1.82, 2.24) is 14.3 Å². The highest BCUT2D eigenvalue weighted by Gasteiger charge is 2.55. The first kappa shape index (κ1) is 25.3. The van der Waals surface area contributed by atoms with Crippen molar-refractivity contribution in [3.8, 4) is 11.8 Å². The van der Waals surface area contributed by atoms with E-state index < -0.39 is 40.0 Å². The summed E-state index contributed by atoms with van der Waals surface area (Å²) in [6.07, 6.45) is 1.02. The van der Waals surface area contributed by atoms with E-state index in [1.54, 1.807) is 25.1 Å². The number of piperazine rings is 1. The van der Waals surface area contributed by atoms with Crippen LogP contribution in [0, 0.1) is 11.8 Å². The fourth-order valence-corrected chi connectivity index (χ4v) is 4.12. The molecule has 0 unspecified atom stereocenters. The standard InChI is InChI=1S/C20H25N3O8S/c1-3-4-14-31-23(17(24)16-8-6-5-7-9-16)15-20(18(25)26,19(27)28)21-10-12-22(13-11-21)32(2,29)30/h5-9H,10-15H2,1-2H3,(H,25,26)(H,27,28). The number of rotatable bonds is 9. The molecule has 0 radical (unpaired) electrons. The van der Waals surface area contributed by atoms with Crippen molar-refractivity contribution in [2.45, 2.75) is 12.5 Å². The SMILES string of the molecule is CC#CCON(CC(C(=O)O)(C(=O)O)N1CCN(S(C)(=O)=O)CC1)C(=O)c1ccccc1. The molecule has 0 aliphatic carbocycles. The van der Waals surface area contributed by atoms with Gasteiger partial charge in [0, 0.05) is 31.7 Å². The lowest BCUT2D eigenvalue weighted by Gasteiger charge is -2.43. The minimum absolute atomic E-state index is 0.0874. The molecular weight excluding hydrogens is 442 g/mol. The molecule has 0 bridgehead atoms. The predicted octanol–water partition coefficient (Wildman–Crippen LogP) is -0.431. The molecule has 2 N–H and O–H groups in total. The number of amides is 1. The molecular formula is C20H25N3O8S. The average molecular weight is 468 g/mol. The summed E-state index contributed by atoms with van der Waals surface area (Å²) in [5, 5.41) is 20.6. The van der Waals surface area contributed by atoms with Crippen molar-refractivity contribution in [3.05, 3.63) is 35.9 Å². The minimum atomic E-state index is -3.52. The van der Waals surface area contributed by atoms with E-state index >= 15 is 0 Å². The first-order valence-electron chi connectivity index (χ1n) is 9.60. The maximum Gasteiger partial charge on any atom is 0.337 e. The first-order valence-corrected chi connectivity index (χ1v) is 11.4. The van der Waals surface area contributed by atoms with Crippen molar-refractivity contribution in [2.24, 2.45) is 0 Å². The number of carbonyl (C=O) groups excluding carboxylic acids is 1. The average Bonchev–Trinajstić information content (AvgIpc) is 2.75. The van der Waals surface area contributed by atoms with Crippen LogP contribution in [0.2, 0.25) is 0 Å². The number of hydroxylamine groups is 2. The van der Waals surface area contributed by atoms with E-state index in [0.29, 0.717) is 5.06 Å². The van der Waals surface area contributed by atoms with Gasteiger partial charge in [-0.25, -0.2) is 23.1 Å². The van der Waals surface area contributed by atoms with Crippen molar-refractivity contribution < 1.29 is 37.9 Å². The Hall–Kier alpha value is -2.98. The molecule has 0 saturated carbocycles. The van der Waals surface area contributed by atoms with Gasteiger partial charge in [0.15, 0.2) is 0 Å². The summed E-state index contributed by atoms with van der Waals surface area (Å²) in [6, 6.07) is 7.85. The Bertz CT molecular complexity index is 994. The van der Waals surface area contributed by atoms with Gasteiger partial charge in [0.1, 0.15) is 6.61 Å². The van der Waals surface area contributed by atoms with Gasteiger partial charge in [0.2, 0.25) is 15.6 Å². The number of nitrogens with zero attached hydrogens (tertiary/aromatic N) is 3. The Morgan fingerprint density at radius 2 is 1.66 bits per heavy atom. The van der Waals surface area contributed by atoms with Crippen LogP contribution < -0.4 is 0 Å². The second-order valence-corrected chi connectivity index (χ2v) is 9.01. The topological polar surface area (TPSA) is 145 Å². The second-order valence-electron chi connectivity index (χ2n) is 7.03. The molecule has 2 rings (SSSR count). The smallest absolute Gasteiger partial charge is 0.337 e. The molecule has 32 heavy (non-hydrogen) atoms. The molecule has 1 aliphatic heterocycles. The van der Waals surface area contributed by atoms with Gasteiger partial charge in [-0.05, 0) is 19.1 Å². The fraction of sp³-hybridized carbons (Fsp3) is 0.450. The van der Waals surface area contributed by atoms with Gasteiger partial charge in [-0.3, -0.25) is 14.5 Å². The van der Waals surface area contributed by atoms with Crippen LogP contribution in [-0.4, -0.2) is 102 Å². The monoisotopic (exact) mass is 467 g/mol. The van der Waals surface area contributed by atoms with E-state index in [0.717, 1.165) is 15.5 Å². The third-order valence-corrected chi connectivity index (χ3v) is 6.35. The third-order valence-electron chi connectivity index (χ3n) is 5.04. The summed E-state index contributed by atoms with van der Waals surface area (Å²) in [4.78, 5) is 44.1. The molecule has 11 nitrogen and oxygen atoms in total. The molecule has 1 aromatic carbocycles. The number of carboxylic acid groups (broad SMARTS) is 2. The van der Waals surface area contributed by atoms with Gasteiger partial charge in [0.05, 0.1) is 12.8 Å². The fourth-order valence-electron chi connectivity index (χ4n) is 3.29. The van der Waals surface area contributed by atoms with Crippen LogP contribution in [0.15, 0.2) is 30.3 Å². The van der Waals surface area contributed by atoms with Crippen LogP contribution >= 0.6 is 0 Å². The van der Waals surface area contributed by atoms with Gasteiger partial charge in [-0.2, -0.15) is 4.31 Å². The van der Waals surface area contributed by atoms with Crippen LogP contribution in [0.3, 0.4) is 0 Å². The summed E-state index contributed by atoms with van der Waals surface area (Å²) in [5.41, 5.74) is -2.39. The van der Waals surface area contributed by atoms with E-state index in [4.69, 9.17) is 4.84 Å². The Labute approximate surface area is 186 Å². The second kappa shape index (κ2) is 10.6. The lowest BCUT2D eigenvalue weighted by molar-refractivity contribution is -0.183. The van der Waals surface area contributed by atoms with Crippen molar-refractivity contribution in [2.75, 3.05) is 45.6 Å². The Morgan fingerprint density at radius 1 is 1.09 bits per heavy atom. The van der Waals surface area contributed by atoms with E-state index in [1.807, 2.05) is 0 Å². The van der Waals surface area contributed by atoms with Crippen LogP contribution in [0.5, 0.6) is 0 Å². The molecule has 1 saturated heterocycles. The van der Waals surface area contributed by atoms with E-state index in [-0.39, 0.29) is 38.3 Å². The van der Waals surface area contributed by atoms with Crippen molar-refractivity contribution >= 4 is 27.9 Å². The zero-order valence-electron chi connectivity index (χ0n) is 17.7. The Balaban J connectivity index is 2.40. The molecule has 1 aromatic rings. The van der Waals surface area contributed by atoms with Gasteiger partial charge in [0.25, 0.3) is 5.91 Å². The van der Waals surface area contributed by atoms with Crippen LogP contribution in [-0.2, 0) is 24.4 Å². The molecule has 1 amide bonds. The summed E-state index contributed by atoms with van der Waals surface area (Å²) < 4.78 is 24.7. The number of hydrogen-bond donors (Lipinski definition) is 2. The largest absolute Gasteiger partial charge is 0.479 e. The summed E-state index contributed by atoms with van der Waals surface area (Å²) in [6.45, 7) is -0.0395. The number of carboxylic acids is 2. The summed E-state index contributed by atoms with van der Waals surface area (Å²) in [7, 11) is -3.52. The molecule has 0 spiro atoms. The highest BCUT2D eigenvalue weighted by Crippen LogP contribution is 2.23. The number of benzene rings is 1. The maximum atomic E-state index is 13.0. The van der Waals surface area contributed by atoms with Crippen molar-refractivity contribution in [1.29, 1.82) is 0 Å². The predicted molar refractivity (Wildman–Crippen MR) is 113 cm³/mol. The quantitative estimate of drug-likeness (QED) is 0.281. The first-order chi connectivity index (χ1) is 15.0. The van der Waals surface area contributed by atoms with Crippen molar-refractivity contribution in [3.63, 3.8) is 0 Å². The van der Waals surface area contributed by atoms with Crippen LogP contribution in [0.1, 0.15) is 17.3 Å². The number of aliphatic carboxylic acids is 2. The number of sulfonamides is 1. The maximum absolute atomic E-state index is 13.0. The molecule has 1 heterocycles. The molecule has 1 fully saturated rings. The number of hydrogen-bond acceptors (Lipinski definition) is 7. The van der Waals surface area contributed by atoms with Gasteiger partial charge in [-0.15, -0.1) is 5.92 Å². The lowest BCUT2D eigenvalue weighted by Crippen LogP contribution is -2.69. The van der Waals surface area contributed by atoms with Crippen LogP contribution in [0.25, 0.3) is 0 Å².